The number of carboxylic acids is 2. The molecule has 0 amide bonds. The Morgan fingerprint density at radius 1 is 1.08 bits per heavy atom. The maximum atomic E-state index is 12.6. The molecular formula is C17H10ClF3O5. The normalized spacial score (nSPS) is 11.5. The van der Waals surface area contributed by atoms with E-state index >= 15 is 0 Å². The van der Waals surface area contributed by atoms with Crippen molar-refractivity contribution in [2.24, 2.45) is 0 Å². The van der Waals surface area contributed by atoms with Crippen molar-refractivity contribution in [2.45, 2.75) is 6.18 Å². The van der Waals surface area contributed by atoms with Gasteiger partial charge in [0.15, 0.2) is 0 Å². The Balaban J connectivity index is 2.34. The number of rotatable bonds is 5. The van der Waals surface area contributed by atoms with Crippen molar-refractivity contribution in [3.05, 3.63) is 64.2 Å². The van der Waals surface area contributed by atoms with Gasteiger partial charge in [0.25, 0.3) is 0 Å². The lowest BCUT2D eigenvalue weighted by molar-refractivity contribution is -0.137. The molecule has 0 unspecified atom stereocenters. The Bertz CT molecular complexity index is 890. The summed E-state index contributed by atoms with van der Waals surface area (Å²) in [6.07, 6.45) is -2.69. The zero-order valence-corrected chi connectivity index (χ0v) is 13.5. The van der Waals surface area contributed by atoms with Crippen molar-refractivity contribution in [3.8, 4) is 11.5 Å². The highest BCUT2D eigenvalue weighted by atomic mass is 35.5. The number of hydrogen-bond donors (Lipinski definition) is 2. The van der Waals surface area contributed by atoms with E-state index in [1.165, 1.54) is 12.1 Å². The van der Waals surface area contributed by atoms with Gasteiger partial charge in [0.2, 0.25) is 0 Å². The zero-order chi connectivity index (χ0) is 19.5. The molecule has 0 aromatic heterocycles. The topological polar surface area (TPSA) is 83.8 Å². The van der Waals surface area contributed by atoms with Crippen LogP contribution in [0.3, 0.4) is 0 Å². The highest BCUT2D eigenvalue weighted by molar-refractivity contribution is 6.32. The molecular weight excluding hydrogens is 377 g/mol. The van der Waals surface area contributed by atoms with E-state index in [0.29, 0.717) is 6.07 Å². The van der Waals surface area contributed by atoms with Crippen LogP contribution in [0.5, 0.6) is 11.5 Å². The van der Waals surface area contributed by atoms with Gasteiger partial charge in [-0.15, -0.1) is 0 Å². The first kappa shape index (κ1) is 19.3. The summed E-state index contributed by atoms with van der Waals surface area (Å²) in [5.74, 6) is -2.67. The number of benzene rings is 2. The average Bonchev–Trinajstić information content (AvgIpc) is 2.54. The van der Waals surface area contributed by atoms with Crippen LogP contribution in [0.2, 0.25) is 5.02 Å². The second kappa shape index (κ2) is 7.49. The van der Waals surface area contributed by atoms with Gasteiger partial charge in [0.1, 0.15) is 11.5 Å². The van der Waals surface area contributed by atoms with E-state index in [-0.39, 0.29) is 27.6 Å². The molecule has 5 nitrogen and oxygen atoms in total. The molecule has 0 radical (unpaired) electrons. The number of aliphatic carboxylic acids is 1. The summed E-state index contributed by atoms with van der Waals surface area (Å²) in [4.78, 5) is 21.8. The molecule has 0 fully saturated rings. The molecule has 0 atom stereocenters. The van der Waals surface area contributed by atoms with Crippen LogP contribution in [0.15, 0.2) is 42.5 Å². The minimum atomic E-state index is -4.56. The molecule has 0 aliphatic rings. The van der Waals surface area contributed by atoms with Crippen LogP contribution < -0.4 is 4.74 Å². The molecule has 0 bridgehead atoms. The zero-order valence-electron chi connectivity index (χ0n) is 12.7. The number of alkyl halides is 3. The summed E-state index contributed by atoms with van der Waals surface area (Å²) < 4.78 is 43.2. The number of aromatic carboxylic acids is 1. The van der Waals surface area contributed by atoms with Gasteiger partial charge < -0.3 is 14.9 Å². The van der Waals surface area contributed by atoms with Gasteiger partial charge in [0.05, 0.1) is 16.1 Å². The Morgan fingerprint density at radius 2 is 1.77 bits per heavy atom. The smallest absolute Gasteiger partial charge is 0.416 e. The maximum Gasteiger partial charge on any atom is 0.416 e. The summed E-state index contributed by atoms with van der Waals surface area (Å²) in [7, 11) is 0. The SMILES string of the molecule is O=C(O)/C=C/c1ccc(Oc2ccc(C(F)(F)F)cc2Cl)cc1C(=O)O. The molecule has 0 heterocycles. The van der Waals surface area contributed by atoms with E-state index in [0.717, 1.165) is 30.4 Å². The second-order valence-electron chi connectivity index (χ2n) is 4.97. The molecule has 2 aromatic rings. The molecule has 26 heavy (non-hydrogen) atoms. The van der Waals surface area contributed by atoms with Crippen LogP contribution in [0.1, 0.15) is 21.5 Å². The van der Waals surface area contributed by atoms with Crippen LogP contribution in [0.25, 0.3) is 6.08 Å². The average molecular weight is 387 g/mol. The van der Waals surface area contributed by atoms with Crippen LogP contribution in [0, 0.1) is 0 Å². The van der Waals surface area contributed by atoms with Crippen molar-refractivity contribution in [1.29, 1.82) is 0 Å². The maximum absolute atomic E-state index is 12.6. The van der Waals surface area contributed by atoms with Crippen LogP contribution in [-0.2, 0) is 11.0 Å². The summed E-state index contributed by atoms with van der Waals surface area (Å²) in [5, 5.41) is 17.5. The van der Waals surface area contributed by atoms with Gasteiger partial charge in [-0.2, -0.15) is 13.2 Å². The summed E-state index contributed by atoms with van der Waals surface area (Å²) in [5.41, 5.74) is -1.08. The number of carbonyl (C=O) groups is 2. The Hall–Kier alpha value is -3.00. The molecule has 136 valence electrons. The molecule has 2 rings (SSSR count). The molecule has 2 aromatic carbocycles. The molecule has 9 heteroatoms. The molecule has 2 N–H and O–H groups in total. The van der Waals surface area contributed by atoms with Gasteiger partial charge in [-0.05, 0) is 42.0 Å². The number of ether oxygens (including phenoxy) is 1. The fourth-order valence-corrected chi connectivity index (χ4v) is 2.20. The summed E-state index contributed by atoms with van der Waals surface area (Å²) >= 11 is 5.79. The van der Waals surface area contributed by atoms with Crippen molar-refractivity contribution in [3.63, 3.8) is 0 Å². The minimum Gasteiger partial charge on any atom is -0.478 e. The molecule has 0 aliphatic carbocycles. The number of carboxylic acid groups (broad SMARTS) is 2. The third-order valence-corrected chi connectivity index (χ3v) is 3.44. The van der Waals surface area contributed by atoms with Gasteiger partial charge in [0, 0.05) is 6.08 Å². The molecule has 0 spiro atoms. The number of hydrogen-bond acceptors (Lipinski definition) is 3. The third-order valence-electron chi connectivity index (χ3n) is 3.15. The lowest BCUT2D eigenvalue weighted by Crippen LogP contribution is -2.04. The molecule has 0 saturated carbocycles. The fraction of sp³-hybridized carbons (Fsp3) is 0.0588. The van der Waals surface area contributed by atoms with Crippen LogP contribution in [-0.4, -0.2) is 22.2 Å². The van der Waals surface area contributed by atoms with E-state index < -0.39 is 23.7 Å². The number of halogens is 4. The van der Waals surface area contributed by atoms with Gasteiger partial charge in [-0.3, -0.25) is 0 Å². The Morgan fingerprint density at radius 3 is 2.31 bits per heavy atom. The van der Waals surface area contributed by atoms with Crippen molar-refractivity contribution in [1.82, 2.24) is 0 Å². The molecule has 0 aliphatic heterocycles. The third kappa shape index (κ3) is 4.76. The van der Waals surface area contributed by atoms with E-state index in [1.807, 2.05) is 0 Å². The monoisotopic (exact) mass is 386 g/mol. The summed E-state index contributed by atoms with van der Waals surface area (Å²) in [6, 6.07) is 6.24. The Labute approximate surface area is 149 Å². The fourth-order valence-electron chi connectivity index (χ4n) is 1.98. The predicted molar refractivity (Wildman–Crippen MR) is 86.6 cm³/mol. The van der Waals surface area contributed by atoms with E-state index in [1.54, 1.807) is 0 Å². The van der Waals surface area contributed by atoms with Crippen molar-refractivity contribution >= 4 is 29.6 Å². The van der Waals surface area contributed by atoms with Crippen molar-refractivity contribution in [2.75, 3.05) is 0 Å². The first-order valence-corrected chi connectivity index (χ1v) is 7.28. The highest BCUT2D eigenvalue weighted by Crippen LogP contribution is 2.36. The van der Waals surface area contributed by atoms with Gasteiger partial charge >= 0.3 is 18.1 Å². The molecule has 0 saturated heterocycles. The van der Waals surface area contributed by atoms with Crippen LogP contribution in [0.4, 0.5) is 13.2 Å². The van der Waals surface area contributed by atoms with E-state index in [2.05, 4.69) is 0 Å². The first-order chi connectivity index (χ1) is 12.1. The first-order valence-electron chi connectivity index (χ1n) is 6.91. The predicted octanol–water partition coefficient (Wildman–Crippen LogP) is 4.95. The highest BCUT2D eigenvalue weighted by Gasteiger charge is 2.31. The van der Waals surface area contributed by atoms with E-state index in [9.17, 15) is 27.9 Å². The lowest BCUT2D eigenvalue weighted by Gasteiger charge is -2.12. The second-order valence-corrected chi connectivity index (χ2v) is 5.38. The largest absolute Gasteiger partial charge is 0.478 e. The van der Waals surface area contributed by atoms with Gasteiger partial charge in [-0.1, -0.05) is 17.7 Å². The Kier molecular flexibility index (Phi) is 5.56. The minimum absolute atomic E-state index is 0.0107. The van der Waals surface area contributed by atoms with Gasteiger partial charge in [-0.25, -0.2) is 9.59 Å². The van der Waals surface area contributed by atoms with Crippen LogP contribution >= 0.6 is 11.6 Å². The summed E-state index contributed by atoms with van der Waals surface area (Å²) in [6.45, 7) is 0. The van der Waals surface area contributed by atoms with Crippen molar-refractivity contribution < 1.29 is 37.7 Å². The van der Waals surface area contributed by atoms with E-state index in [4.69, 9.17) is 21.4 Å². The standard InChI is InChI=1S/C17H10ClF3O5/c18-13-7-10(17(19,20)21)3-5-14(13)26-11-4-1-9(2-6-15(22)23)12(8-11)16(24)25/h1-8H,(H,22,23)(H,24,25)/b6-2+. The quantitative estimate of drug-likeness (QED) is 0.710. The lowest BCUT2D eigenvalue weighted by atomic mass is 10.1.